The summed E-state index contributed by atoms with van der Waals surface area (Å²) < 4.78 is 5.79. The summed E-state index contributed by atoms with van der Waals surface area (Å²) in [5.74, 6) is -0.419. The van der Waals surface area contributed by atoms with Crippen molar-refractivity contribution in [2.75, 3.05) is 0 Å². The Labute approximate surface area is 156 Å². The number of rotatable bonds is 3. The molecule has 3 N–H and O–H groups in total. The topological polar surface area (TPSA) is 72.5 Å². The van der Waals surface area contributed by atoms with Gasteiger partial charge < -0.3 is 15.6 Å². The maximum Gasteiger partial charge on any atom is 0.249 e. The zero-order valence-corrected chi connectivity index (χ0v) is 16.3. The van der Waals surface area contributed by atoms with E-state index < -0.39 is 11.5 Å². The van der Waals surface area contributed by atoms with E-state index in [-0.39, 0.29) is 17.6 Å². The quantitative estimate of drug-likeness (QED) is 0.853. The number of hydrogen-bond donors (Lipinski definition) is 2. The van der Waals surface area contributed by atoms with E-state index in [0.29, 0.717) is 18.4 Å². The summed E-state index contributed by atoms with van der Waals surface area (Å²) in [4.78, 5) is 12.0. The lowest BCUT2D eigenvalue weighted by atomic mass is 9.75. The van der Waals surface area contributed by atoms with Gasteiger partial charge in [-0.05, 0) is 67.4 Å². The highest BCUT2D eigenvalue weighted by Crippen LogP contribution is 2.42. The standard InChI is InChI=1S/C22H31NO3/c1-14-12-22(25,13-15(2)26-14)17-5-6-18(20(23)24)19(11-17)16-7-9-21(3,4)10-8-16/h5-7,11,14-15,25H,8-10,12-13H2,1-4H3,(H2,23,24)/t14-,15+,22-. The molecule has 1 amide bonds. The van der Waals surface area contributed by atoms with Crippen LogP contribution in [0.2, 0.25) is 0 Å². The maximum atomic E-state index is 12.0. The first-order valence-corrected chi connectivity index (χ1v) is 9.61. The van der Waals surface area contributed by atoms with Gasteiger partial charge in [-0.1, -0.05) is 26.0 Å². The number of allylic oxidation sites excluding steroid dienone is 2. The first-order valence-electron chi connectivity index (χ1n) is 9.61. The van der Waals surface area contributed by atoms with Gasteiger partial charge in [0.15, 0.2) is 0 Å². The van der Waals surface area contributed by atoms with Crippen LogP contribution in [0.4, 0.5) is 0 Å². The van der Waals surface area contributed by atoms with Crippen LogP contribution in [0, 0.1) is 5.41 Å². The number of amides is 1. The van der Waals surface area contributed by atoms with Crippen LogP contribution in [0.25, 0.3) is 5.57 Å². The van der Waals surface area contributed by atoms with Gasteiger partial charge in [0.05, 0.1) is 17.8 Å². The average molecular weight is 357 g/mol. The number of nitrogens with two attached hydrogens (primary N) is 1. The average Bonchev–Trinajstić information content (AvgIpc) is 2.53. The van der Waals surface area contributed by atoms with E-state index >= 15 is 0 Å². The SMILES string of the molecule is C[C@@H]1C[C@](O)(c2ccc(C(N)=O)c(C3=CCC(C)(C)CC3)c2)C[C@H](C)O1. The zero-order chi connectivity index (χ0) is 19.1. The molecule has 3 atom stereocenters. The van der Waals surface area contributed by atoms with Crippen molar-refractivity contribution < 1.29 is 14.6 Å². The minimum absolute atomic E-state index is 0.00212. The first kappa shape index (κ1) is 19.1. The third-order valence-corrected chi connectivity index (χ3v) is 5.86. The number of carbonyl (C=O) groups is 1. The number of aliphatic hydroxyl groups is 1. The monoisotopic (exact) mass is 357 g/mol. The van der Waals surface area contributed by atoms with Gasteiger partial charge in [-0.25, -0.2) is 0 Å². The van der Waals surface area contributed by atoms with E-state index in [1.165, 1.54) is 0 Å². The van der Waals surface area contributed by atoms with Crippen LogP contribution in [-0.4, -0.2) is 23.2 Å². The van der Waals surface area contributed by atoms with Crippen LogP contribution in [0.3, 0.4) is 0 Å². The van der Waals surface area contributed by atoms with Crippen LogP contribution in [0.5, 0.6) is 0 Å². The smallest absolute Gasteiger partial charge is 0.249 e. The van der Waals surface area contributed by atoms with Crippen molar-refractivity contribution in [2.45, 2.75) is 77.6 Å². The molecule has 0 spiro atoms. The van der Waals surface area contributed by atoms with Gasteiger partial charge in [0.25, 0.3) is 0 Å². The molecular formula is C22H31NO3. The fourth-order valence-corrected chi connectivity index (χ4v) is 4.40. The fraction of sp³-hybridized carbons (Fsp3) is 0.591. The van der Waals surface area contributed by atoms with Crippen LogP contribution in [-0.2, 0) is 10.3 Å². The molecule has 1 heterocycles. The Morgan fingerprint density at radius 1 is 1.23 bits per heavy atom. The second-order valence-electron chi connectivity index (χ2n) is 8.92. The van der Waals surface area contributed by atoms with Gasteiger partial charge in [0.2, 0.25) is 5.91 Å². The van der Waals surface area contributed by atoms with E-state index in [0.717, 1.165) is 36.0 Å². The van der Waals surface area contributed by atoms with E-state index in [1.54, 1.807) is 6.07 Å². The van der Waals surface area contributed by atoms with Crippen LogP contribution < -0.4 is 5.73 Å². The van der Waals surface area contributed by atoms with Gasteiger partial charge in [-0.2, -0.15) is 0 Å². The van der Waals surface area contributed by atoms with Crippen LogP contribution >= 0.6 is 0 Å². The Hall–Kier alpha value is -1.65. The molecule has 0 saturated carbocycles. The molecule has 0 radical (unpaired) electrons. The lowest BCUT2D eigenvalue weighted by Gasteiger charge is -2.40. The largest absolute Gasteiger partial charge is 0.385 e. The van der Waals surface area contributed by atoms with Gasteiger partial charge in [-0.15, -0.1) is 0 Å². The Bertz CT molecular complexity index is 725. The molecular weight excluding hydrogens is 326 g/mol. The molecule has 1 aromatic rings. The summed E-state index contributed by atoms with van der Waals surface area (Å²) in [6.45, 7) is 8.51. The highest BCUT2D eigenvalue weighted by atomic mass is 16.5. The molecule has 1 aromatic carbocycles. The van der Waals surface area contributed by atoms with Gasteiger partial charge in [-0.3, -0.25) is 4.79 Å². The highest BCUT2D eigenvalue weighted by molar-refractivity contribution is 5.98. The van der Waals surface area contributed by atoms with Crippen molar-refractivity contribution in [1.82, 2.24) is 0 Å². The van der Waals surface area contributed by atoms with Gasteiger partial charge >= 0.3 is 0 Å². The van der Waals surface area contributed by atoms with E-state index in [2.05, 4.69) is 19.9 Å². The molecule has 1 saturated heterocycles. The number of primary amides is 1. The third kappa shape index (κ3) is 3.86. The Kier molecular flexibility index (Phi) is 5.02. The van der Waals surface area contributed by atoms with Crippen molar-refractivity contribution >= 4 is 11.5 Å². The second kappa shape index (κ2) is 6.82. The predicted molar refractivity (Wildman–Crippen MR) is 104 cm³/mol. The summed E-state index contributed by atoms with van der Waals surface area (Å²) in [7, 11) is 0. The predicted octanol–water partition coefficient (Wildman–Crippen LogP) is 4.15. The van der Waals surface area contributed by atoms with E-state index in [9.17, 15) is 9.90 Å². The number of hydrogen-bond acceptors (Lipinski definition) is 3. The molecule has 142 valence electrons. The zero-order valence-electron chi connectivity index (χ0n) is 16.3. The molecule has 1 aliphatic carbocycles. The minimum Gasteiger partial charge on any atom is -0.385 e. The van der Waals surface area contributed by atoms with Crippen LogP contribution in [0.15, 0.2) is 24.3 Å². The van der Waals surface area contributed by atoms with Crippen molar-refractivity contribution in [2.24, 2.45) is 11.1 Å². The van der Waals surface area contributed by atoms with Gasteiger partial charge in [0.1, 0.15) is 0 Å². The molecule has 1 aliphatic heterocycles. The lowest BCUT2D eigenvalue weighted by molar-refractivity contribution is -0.135. The molecule has 0 bridgehead atoms. The normalized spacial score (nSPS) is 31.3. The molecule has 4 heteroatoms. The minimum atomic E-state index is -0.934. The molecule has 26 heavy (non-hydrogen) atoms. The molecule has 4 nitrogen and oxygen atoms in total. The first-order chi connectivity index (χ1) is 12.1. The molecule has 1 fully saturated rings. The molecule has 0 unspecified atom stereocenters. The summed E-state index contributed by atoms with van der Waals surface area (Å²) in [6.07, 6.45) is 6.32. The Morgan fingerprint density at radius 3 is 2.42 bits per heavy atom. The summed E-state index contributed by atoms with van der Waals surface area (Å²) in [5, 5.41) is 11.3. The lowest BCUT2D eigenvalue weighted by Crippen LogP contribution is -2.41. The summed E-state index contributed by atoms with van der Waals surface area (Å²) in [5.41, 5.74) is 8.42. The van der Waals surface area contributed by atoms with Gasteiger partial charge in [0, 0.05) is 18.4 Å². The summed E-state index contributed by atoms with van der Waals surface area (Å²) in [6, 6.07) is 5.60. The van der Waals surface area contributed by atoms with E-state index in [1.807, 2.05) is 26.0 Å². The second-order valence-corrected chi connectivity index (χ2v) is 8.92. The van der Waals surface area contributed by atoms with E-state index in [4.69, 9.17) is 10.5 Å². The fourth-order valence-electron chi connectivity index (χ4n) is 4.40. The Balaban J connectivity index is 2.02. The van der Waals surface area contributed by atoms with Crippen LogP contribution in [0.1, 0.15) is 81.3 Å². The number of ether oxygens (including phenoxy) is 1. The molecule has 2 aliphatic rings. The van der Waals surface area contributed by atoms with Crippen molar-refractivity contribution in [1.29, 1.82) is 0 Å². The maximum absolute atomic E-state index is 12.0. The number of carbonyl (C=O) groups excluding carboxylic acids is 1. The summed E-state index contributed by atoms with van der Waals surface area (Å²) >= 11 is 0. The van der Waals surface area contributed by atoms with Crippen molar-refractivity contribution in [3.05, 3.63) is 41.0 Å². The molecule has 3 rings (SSSR count). The third-order valence-electron chi connectivity index (χ3n) is 5.86. The number of benzene rings is 1. The highest BCUT2D eigenvalue weighted by Gasteiger charge is 2.39. The van der Waals surface area contributed by atoms with Crippen molar-refractivity contribution in [3.8, 4) is 0 Å². The Morgan fingerprint density at radius 2 is 1.88 bits per heavy atom. The molecule has 0 aromatic heterocycles. The van der Waals surface area contributed by atoms with Crippen molar-refractivity contribution in [3.63, 3.8) is 0 Å².